The zero-order chi connectivity index (χ0) is 21.1. The van der Waals surface area contributed by atoms with Crippen molar-refractivity contribution in [3.63, 3.8) is 0 Å². The second-order valence-electron chi connectivity index (χ2n) is 7.34. The normalized spacial score (nSPS) is 18.6. The predicted molar refractivity (Wildman–Crippen MR) is 123 cm³/mol. The molecule has 5 nitrogen and oxygen atoms in total. The summed E-state index contributed by atoms with van der Waals surface area (Å²) in [5, 5.41) is 0.622. The van der Waals surface area contributed by atoms with Crippen molar-refractivity contribution in [3.8, 4) is 0 Å². The molecule has 2 aromatic carbocycles. The molecule has 0 unspecified atom stereocenters. The molecule has 2 aromatic rings. The molecule has 1 fully saturated rings. The van der Waals surface area contributed by atoms with Crippen LogP contribution in [-0.2, 0) is 9.59 Å². The summed E-state index contributed by atoms with van der Waals surface area (Å²) < 4.78 is 0. The second-order valence-corrected chi connectivity index (χ2v) is 8.86. The fourth-order valence-electron chi connectivity index (χ4n) is 3.72. The van der Waals surface area contributed by atoms with Crippen molar-refractivity contribution < 1.29 is 9.59 Å². The number of carbonyl (C=O) groups is 2. The van der Waals surface area contributed by atoms with E-state index in [0.717, 1.165) is 35.8 Å². The van der Waals surface area contributed by atoms with Gasteiger partial charge in [0.25, 0.3) is 5.91 Å². The summed E-state index contributed by atoms with van der Waals surface area (Å²) in [7, 11) is 0. The number of thioether (sulfide) groups is 1. The molecule has 0 aliphatic carbocycles. The summed E-state index contributed by atoms with van der Waals surface area (Å²) in [6.07, 6.45) is 1.84. The predicted octanol–water partition coefficient (Wildman–Crippen LogP) is 3.98. The third-order valence-corrected chi connectivity index (χ3v) is 6.76. The SMILES string of the molecule is CCN1CCN(C(=O)CN2C(=O)/C(=C/c3cccc(Cl)c3)Sc3ccccc32)CC1. The number of anilines is 1. The number of benzene rings is 2. The first-order chi connectivity index (χ1) is 14.5. The standard InChI is InChI=1S/C23H24ClN3O2S/c1-2-25-10-12-26(13-11-25)22(28)16-27-19-8-3-4-9-20(19)30-21(23(27)29)15-17-6-5-7-18(24)14-17/h3-9,14-15H,2,10-13,16H2,1H3/b21-15-. The first kappa shape index (κ1) is 21.0. The Morgan fingerprint density at radius 1 is 1.10 bits per heavy atom. The van der Waals surface area contributed by atoms with E-state index in [-0.39, 0.29) is 18.4 Å². The molecule has 2 heterocycles. The molecule has 2 aliphatic heterocycles. The highest BCUT2D eigenvalue weighted by Gasteiger charge is 2.32. The third kappa shape index (κ3) is 4.56. The molecule has 30 heavy (non-hydrogen) atoms. The Hall–Kier alpha value is -2.28. The molecule has 0 radical (unpaired) electrons. The largest absolute Gasteiger partial charge is 0.339 e. The summed E-state index contributed by atoms with van der Waals surface area (Å²) in [5.41, 5.74) is 1.65. The molecule has 0 bridgehead atoms. The maximum absolute atomic E-state index is 13.3. The lowest BCUT2D eigenvalue weighted by molar-refractivity contribution is -0.132. The fourth-order valence-corrected chi connectivity index (χ4v) is 4.97. The van der Waals surface area contributed by atoms with Gasteiger partial charge < -0.3 is 9.80 Å². The van der Waals surface area contributed by atoms with E-state index in [2.05, 4.69) is 11.8 Å². The Bertz CT molecular complexity index is 986. The van der Waals surface area contributed by atoms with Crippen molar-refractivity contribution >= 4 is 46.9 Å². The summed E-state index contributed by atoms with van der Waals surface area (Å²) in [6.45, 7) is 6.34. The lowest BCUT2D eigenvalue weighted by Crippen LogP contribution is -2.52. The Labute approximate surface area is 186 Å². The van der Waals surface area contributed by atoms with Crippen LogP contribution in [0.2, 0.25) is 5.02 Å². The number of piperazine rings is 1. The number of hydrogen-bond donors (Lipinski definition) is 0. The lowest BCUT2D eigenvalue weighted by atomic mass is 10.2. The maximum atomic E-state index is 13.3. The number of likely N-dealkylation sites (N-methyl/N-ethyl adjacent to an activating group) is 1. The van der Waals surface area contributed by atoms with Gasteiger partial charge in [-0.3, -0.25) is 14.5 Å². The summed E-state index contributed by atoms with van der Waals surface area (Å²) in [6, 6.07) is 15.1. The fraction of sp³-hybridized carbons (Fsp3) is 0.304. The van der Waals surface area contributed by atoms with E-state index in [9.17, 15) is 9.59 Å². The van der Waals surface area contributed by atoms with Gasteiger partial charge >= 0.3 is 0 Å². The van der Waals surface area contributed by atoms with Gasteiger partial charge in [-0.25, -0.2) is 0 Å². The molecule has 1 saturated heterocycles. The summed E-state index contributed by atoms with van der Waals surface area (Å²) >= 11 is 7.53. The van der Waals surface area contributed by atoms with Crippen LogP contribution in [0.1, 0.15) is 12.5 Å². The highest BCUT2D eigenvalue weighted by atomic mass is 35.5. The average molecular weight is 442 g/mol. The van der Waals surface area contributed by atoms with Crippen molar-refractivity contribution in [1.29, 1.82) is 0 Å². The van der Waals surface area contributed by atoms with E-state index in [4.69, 9.17) is 11.6 Å². The van der Waals surface area contributed by atoms with Crippen molar-refractivity contribution in [2.75, 3.05) is 44.2 Å². The second kappa shape index (κ2) is 9.25. The Balaban J connectivity index is 1.58. The van der Waals surface area contributed by atoms with Crippen molar-refractivity contribution in [3.05, 3.63) is 64.0 Å². The topological polar surface area (TPSA) is 43.9 Å². The minimum Gasteiger partial charge on any atom is -0.339 e. The number of hydrogen-bond acceptors (Lipinski definition) is 4. The minimum atomic E-state index is -0.154. The van der Waals surface area contributed by atoms with E-state index in [1.165, 1.54) is 11.8 Å². The molecule has 2 aliphatic rings. The van der Waals surface area contributed by atoms with Crippen LogP contribution in [0.15, 0.2) is 58.3 Å². The van der Waals surface area contributed by atoms with Gasteiger partial charge in [0.1, 0.15) is 6.54 Å². The zero-order valence-corrected chi connectivity index (χ0v) is 18.5. The molecule has 0 saturated carbocycles. The molecule has 0 atom stereocenters. The Kier molecular flexibility index (Phi) is 6.46. The highest BCUT2D eigenvalue weighted by Crippen LogP contribution is 2.42. The smallest absolute Gasteiger partial charge is 0.265 e. The van der Waals surface area contributed by atoms with Crippen LogP contribution in [0.25, 0.3) is 6.08 Å². The van der Waals surface area contributed by atoms with Gasteiger partial charge in [-0.15, -0.1) is 0 Å². The molecule has 0 N–H and O–H groups in total. The van der Waals surface area contributed by atoms with Crippen LogP contribution in [0, 0.1) is 0 Å². The van der Waals surface area contributed by atoms with Crippen LogP contribution in [0.4, 0.5) is 5.69 Å². The number of fused-ring (bicyclic) bond motifs is 1. The van der Waals surface area contributed by atoms with Crippen LogP contribution < -0.4 is 4.90 Å². The maximum Gasteiger partial charge on any atom is 0.265 e. The first-order valence-electron chi connectivity index (χ1n) is 10.1. The van der Waals surface area contributed by atoms with Gasteiger partial charge in [0, 0.05) is 36.1 Å². The molecule has 2 amide bonds. The van der Waals surface area contributed by atoms with Crippen LogP contribution in [0.5, 0.6) is 0 Å². The number of amides is 2. The van der Waals surface area contributed by atoms with Gasteiger partial charge in [0.05, 0.1) is 10.6 Å². The number of halogens is 1. The van der Waals surface area contributed by atoms with Gasteiger partial charge in [-0.05, 0) is 42.4 Å². The van der Waals surface area contributed by atoms with Crippen molar-refractivity contribution in [2.24, 2.45) is 0 Å². The molecular formula is C23H24ClN3O2S. The van der Waals surface area contributed by atoms with Crippen molar-refractivity contribution in [2.45, 2.75) is 11.8 Å². The molecule has 0 aromatic heterocycles. The van der Waals surface area contributed by atoms with Gasteiger partial charge in [-0.1, -0.05) is 54.6 Å². The first-order valence-corrected chi connectivity index (χ1v) is 11.3. The van der Waals surface area contributed by atoms with Crippen LogP contribution in [0.3, 0.4) is 0 Å². The lowest BCUT2D eigenvalue weighted by Gasteiger charge is -2.36. The number of nitrogens with zero attached hydrogens (tertiary/aromatic N) is 3. The molecular weight excluding hydrogens is 418 g/mol. The van der Waals surface area contributed by atoms with E-state index < -0.39 is 0 Å². The molecule has 4 rings (SSSR count). The van der Waals surface area contributed by atoms with Crippen molar-refractivity contribution in [1.82, 2.24) is 9.80 Å². The van der Waals surface area contributed by atoms with Gasteiger partial charge in [-0.2, -0.15) is 0 Å². The third-order valence-electron chi connectivity index (χ3n) is 5.44. The Morgan fingerprint density at radius 2 is 1.87 bits per heavy atom. The Morgan fingerprint density at radius 3 is 2.60 bits per heavy atom. The molecule has 7 heteroatoms. The van der Waals surface area contributed by atoms with Crippen LogP contribution in [-0.4, -0.2) is 60.9 Å². The van der Waals surface area contributed by atoms with E-state index in [0.29, 0.717) is 23.0 Å². The quantitative estimate of drug-likeness (QED) is 0.673. The minimum absolute atomic E-state index is 0.0112. The van der Waals surface area contributed by atoms with E-state index in [1.54, 1.807) is 11.0 Å². The van der Waals surface area contributed by atoms with E-state index in [1.807, 2.05) is 53.4 Å². The number of rotatable bonds is 4. The van der Waals surface area contributed by atoms with E-state index >= 15 is 0 Å². The zero-order valence-electron chi connectivity index (χ0n) is 16.9. The molecule has 156 valence electrons. The van der Waals surface area contributed by atoms with Crippen LogP contribution >= 0.6 is 23.4 Å². The highest BCUT2D eigenvalue weighted by molar-refractivity contribution is 8.04. The summed E-state index contributed by atoms with van der Waals surface area (Å²) in [4.78, 5) is 33.7. The average Bonchev–Trinajstić information content (AvgIpc) is 2.76. The molecule has 0 spiro atoms. The van der Waals surface area contributed by atoms with Gasteiger partial charge in [0.15, 0.2) is 0 Å². The monoisotopic (exact) mass is 441 g/mol. The number of carbonyl (C=O) groups excluding carboxylic acids is 2. The summed E-state index contributed by atoms with van der Waals surface area (Å²) in [5.74, 6) is -0.165. The number of para-hydroxylation sites is 1. The van der Waals surface area contributed by atoms with Gasteiger partial charge in [0.2, 0.25) is 5.91 Å².